The Morgan fingerprint density at radius 2 is 1.75 bits per heavy atom. The van der Waals surface area contributed by atoms with E-state index in [-0.39, 0.29) is 24.8 Å². The summed E-state index contributed by atoms with van der Waals surface area (Å²) in [5.41, 5.74) is 0. The average Bonchev–Trinajstić information content (AvgIpc) is 2.61. The lowest BCUT2D eigenvalue weighted by Gasteiger charge is -2.35. The van der Waals surface area contributed by atoms with Crippen molar-refractivity contribution in [3.05, 3.63) is 24.4 Å². The van der Waals surface area contributed by atoms with Gasteiger partial charge in [0.25, 0.3) is 0 Å². The second-order valence-electron chi connectivity index (χ2n) is 5.90. The highest BCUT2D eigenvalue weighted by Crippen LogP contribution is 2.12. The molecule has 1 N–H and O–H groups in total. The zero-order valence-electron chi connectivity index (χ0n) is 13.9. The maximum Gasteiger partial charge on any atom is 0.223 e. The number of rotatable bonds is 4. The predicted molar refractivity (Wildman–Crippen MR) is 101 cm³/mol. The van der Waals surface area contributed by atoms with Crippen LogP contribution < -0.4 is 10.2 Å². The van der Waals surface area contributed by atoms with Crippen LogP contribution in [0.1, 0.15) is 6.42 Å². The predicted octanol–water partition coefficient (Wildman–Crippen LogP) is 0.869. The Bertz CT molecular complexity index is 477. The van der Waals surface area contributed by atoms with Crippen molar-refractivity contribution in [2.24, 2.45) is 0 Å². The van der Waals surface area contributed by atoms with Crippen molar-refractivity contribution in [1.29, 1.82) is 0 Å². The highest BCUT2D eigenvalue weighted by molar-refractivity contribution is 5.85. The number of nitrogens with zero attached hydrogens (tertiary/aromatic N) is 4. The second kappa shape index (κ2) is 10.7. The molecule has 3 heterocycles. The molecule has 1 aromatic rings. The van der Waals surface area contributed by atoms with Crippen LogP contribution in [-0.4, -0.2) is 79.6 Å². The number of amides is 1. The molecule has 2 aliphatic rings. The Kier molecular flexibility index (Phi) is 9.36. The van der Waals surface area contributed by atoms with Crippen LogP contribution in [0.4, 0.5) is 5.82 Å². The molecule has 0 aliphatic carbocycles. The maximum absolute atomic E-state index is 12.2. The minimum Gasteiger partial charge on any atom is -0.354 e. The Morgan fingerprint density at radius 3 is 2.38 bits per heavy atom. The van der Waals surface area contributed by atoms with Crippen molar-refractivity contribution in [3.63, 3.8) is 0 Å². The molecule has 2 saturated heterocycles. The Hall–Kier alpha value is -1.08. The smallest absolute Gasteiger partial charge is 0.223 e. The fourth-order valence-electron chi connectivity index (χ4n) is 3.07. The summed E-state index contributed by atoms with van der Waals surface area (Å²) in [6.07, 6.45) is 2.48. The van der Waals surface area contributed by atoms with E-state index in [1.165, 1.54) is 0 Å². The van der Waals surface area contributed by atoms with Crippen molar-refractivity contribution in [3.8, 4) is 0 Å². The molecule has 0 radical (unpaired) electrons. The van der Waals surface area contributed by atoms with Gasteiger partial charge in [-0.2, -0.15) is 0 Å². The molecule has 2 fully saturated rings. The van der Waals surface area contributed by atoms with Crippen LogP contribution in [0.15, 0.2) is 24.4 Å². The zero-order chi connectivity index (χ0) is 15.2. The van der Waals surface area contributed by atoms with Gasteiger partial charge in [-0.25, -0.2) is 4.98 Å². The summed E-state index contributed by atoms with van der Waals surface area (Å²) in [7, 11) is 0. The lowest BCUT2D eigenvalue weighted by molar-refractivity contribution is -0.132. The number of hydrogen-bond donors (Lipinski definition) is 1. The van der Waals surface area contributed by atoms with E-state index in [1.807, 2.05) is 23.2 Å². The van der Waals surface area contributed by atoms with Crippen molar-refractivity contribution in [2.75, 3.05) is 63.8 Å². The Balaban J connectivity index is 0.00000144. The van der Waals surface area contributed by atoms with Gasteiger partial charge in [0.1, 0.15) is 5.82 Å². The van der Waals surface area contributed by atoms with Crippen molar-refractivity contribution >= 4 is 36.5 Å². The third-order valence-corrected chi connectivity index (χ3v) is 4.46. The topological polar surface area (TPSA) is 51.7 Å². The average molecular weight is 376 g/mol. The number of nitrogens with one attached hydrogen (secondary N) is 1. The summed E-state index contributed by atoms with van der Waals surface area (Å²) in [5, 5.41) is 3.28. The van der Waals surface area contributed by atoms with Gasteiger partial charge in [0.15, 0.2) is 0 Å². The highest BCUT2D eigenvalue weighted by atomic mass is 35.5. The molecule has 1 aromatic heterocycles. The number of anilines is 1. The van der Waals surface area contributed by atoms with E-state index in [0.717, 1.165) is 64.7 Å². The standard InChI is InChI=1S/C16H25N5O.2ClH/c22-16(21-9-6-17-7-10-21)4-8-19-11-13-20(14-12-19)15-3-1-2-5-18-15;;/h1-3,5,17H,4,6-14H2;2*1H. The SMILES string of the molecule is Cl.Cl.O=C(CCN1CCN(c2ccccn2)CC1)N1CCNCC1. The largest absolute Gasteiger partial charge is 0.354 e. The summed E-state index contributed by atoms with van der Waals surface area (Å²) in [6.45, 7) is 8.41. The number of carbonyl (C=O) groups excluding carboxylic acids is 1. The van der Waals surface area contributed by atoms with Crippen LogP contribution >= 0.6 is 24.8 Å². The summed E-state index contributed by atoms with van der Waals surface area (Å²) in [6, 6.07) is 6.03. The molecular formula is C16H27Cl2N5O. The molecular weight excluding hydrogens is 349 g/mol. The molecule has 6 nitrogen and oxygen atoms in total. The molecule has 136 valence electrons. The van der Waals surface area contributed by atoms with Gasteiger partial charge in [0, 0.05) is 71.5 Å². The van der Waals surface area contributed by atoms with Crippen LogP contribution in [0, 0.1) is 0 Å². The van der Waals surface area contributed by atoms with Crippen molar-refractivity contribution in [2.45, 2.75) is 6.42 Å². The van der Waals surface area contributed by atoms with E-state index in [0.29, 0.717) is 12.3 Å². The van der Waals surface area contributed by atoms with Gasteiger partial charge >= 0.3 is 0 Å². The summed E-state index contributed by atoms with van der Waals surface area (Å²) >= 11 is 0. The first-order chi connectivity index (χ1) is 10.8. The molecule has 0 saturated carbocycles. The molecule has 2 aliphatic heterocycles. The van der Waals surface area contributed by atoms with E-state index in [1.54, 1.807) is 0 Å². The van der Waals surface area contributed by atoms with Gasteiger partial charge in [-0.15, -0.1) is 24.8 Å². The van der Waals surface area contributed by atoms with Crippen LogP contribution in [0.2, 0.25) is 0 Å². The summed E-state index contributed by atoms with van der Waals surface area (Å²) in [4.78, 5) is 23.3. The molecule has 0 atom stereocenters. The Morgan fingerprint density at radius 1 is 1.04 bits per heavy atom. The Labute approximate surface area is 156 Å². The fraction of sp³-hybridized carbons (Fsp3) is 0.625. The third kappa shape index (κ3) is 5.77. The lowest BCUT2D eigenvalue weighted by Crippen LogP contribution is -2.49. The van der Waals surface area contributed by atoms with E-state index >= 15 is 0 Å². The number of pyridine rings is 1. The molecule has 0 unspecified atom stereocenters. The molecule has 0 bridgehead atoms. The van der Waals surface area contributed by atoms with Gasteiger partial charge < -0.3 is 15.1 Å². The van der Waals surface area contributed by atoms with Crippen LogP contribution in [0.25, 0.3) is 0 Å². The van der Waals surface area contributed by atoms with Crippen molar-refractivity contribution in [1.82, 2.24) is 20.1 Å². The number of aromatic nitrogens is 1. The quantitative estimate of drug-likeness (QED) is 0.845. The summed E-state index contributed by atoms with van der Waals surface area (Å²) < 4.78 is 0. The van der Waals surface area contributed by atoms with Gasteiger partial charge in [-0.3, -0.25) is 9.69 Å². The molecule has 8 heteroatoms. The van der Waals surface area contributed by atoms with E-state index in [9.17, 15) is 4.79 Å². The number of carbonyl (C=O) groups is 1. The van der Waals surface area contributed by atoms with Crippen LogP contribution in [0.5, 0.6) is 0 Å². The van der Waals surface area contributed by atoms with Gasteiger partial charge in [-0.1, -0.05) is 6.07 Å². The number of piperazine rings is 2. The lowest BCUT2D eigenvalue weighted by atomic mass is 10.2. The van der Waals surface area contributed by atoms with E-state index in [2.05, 4.69) is 26.2 Å². The monoisotopic (exact) mass is 375 g/mol. The fourth-order valence-corrected chi connectivity index (χ4v) is 3.07. The second-order valence-corrected chi connectivity index (χ2v) is 5.90. The van der Waals surface area contributed by atoms with Crippen LogP contribution in [-0.2, 0) is 4.79 Å². The van der Waals surface area contributed by atoms with Crippen molar-refractivity contribution < 1.29 is 4.79 Å². The first-order valence-electron chi connectivity index (χ1n) is 8.20. The van der Waals surface area contributed by atoms with E-state index < -0.39 is 0 Å². The van der Waals surface area contributed by atoms with Gasteiger partial charge in [0.2, 0.25) is 5.91 Å². The maximum atomic E-state index is 12.2. The molecule has 3 rings (SSSR count). The first-order valence-corrected chi connectivity index (χ1v) is 8.20. The normalized spacial score (nSPS) is 18.5. The molecule has 0 spiro atoms. The summed E-state index contributed by atoms with van der Waals surface area (Å²) in [5.74, 6) is 1.35. The van der Waals surface area contributed by atoms with E-state index in [4.69, 9.17) is 0 Å². The third-order valence-electron chi connectivity index (χ3n) is 4.46. The highest BCUT2D eigenvalue weighted by Gasteiger charge is 2.20. The minimum atomic E-state index is 0. The molecule has 0 aromatic carbocycles. The number of halogens is 2. The molecule has 1 amide bonds. The first kappa shape index (κ1) is 21.0. The molecule has 24 heavy (non-hydrogen) atoms. The zero-order valence-corrected chi connectivity index (χ0v) is 15.5. The minimum absolute atomic E-state index is 0. The number of hydrogen-bond acceptors (Lipinski definition) is 5. The van der Waals surface area contributed by atoms with Gasteiger partial charge in [0.05, 0.1) is 0 Å². The van der Waals surface area contributed by atoms with Crippen LogP contribution in [0.3, 0.4) is 0 Å². The van der Waals surface area contributed by atoms with Gasteiger partial charge in [-0.05, 0) is 12.1 Å².